The van der Waals surface area contributed by atoms with Crippen molar-refractivity contribution >= 4 is 0 Å². The number of nitrogens with two attached hydrogens (primary N) is 1. The van der Waals surface area contributed by atoms with Gasteiger partial charge < -0.3 is 11.1 Å². The van der Waals surface area contributed by atoms with Gasteiger partial charge in [-0.1, -0.05) is 0 Å². The first-order chi connectivity index (χ1) is 3.88. The van der Waals surface area contributed by atoms with Crippen molar-refractivity contribution in [2.24, 2.45) is 17.6 Å². The van der Waals surface area contributed by atoms with Crippen molar-refractivity contribution in [3.8, 4) is 0 Å². The van der Waals surface area contributed by atoms with Crippen LogP contribution in [0.2, 0.25) is 0 Å². The Morgan fingerprint density at radius 2 is 2.25 bits per heavy atom. The van der Waals surface area contributed by atoms with Crippen LogP contribution < -0.4 is 11.1 Å². The smallest absolute Gasteiger partial charge is 0.00856 e. The van der Waals surface area contributed by atoms with Crippen molar-refractivity contribution in [1.29, 1.82) is 0 Å². The van der Waals surface area contributed by atoms with Gasteiger partial charge in [0.15, 0.2) is 0 Å². The van der Waals surface area contributed by atoms with Crippen molar-refractivity contribution in [1.82, 2.24) is 5.32 Å². The average Bonchev–Trinajstić information content (AvgIpc) is 2.09. The van der Waals surface area contributed by atoms with Gasteiger partial charge in [-0.05, 0) is 31.3 Å². The lowest BCUT2D eigenvalue weighted by Gasteiger charge is -2.36. The molecule has 0 aromatic carbocycles. The van der Waals surface area contributed by atoms with E-state index in [1.807, 2.05) is 0 Å². The minimum Gasteiger partial charge on any atom is -0.327 e. The Bertz CT molecular complexity index is 103. The summed E-state index contributed by atoms with van der Waals surface area (Å²) in [4.78, 5) is 0. The maximum Gasteiger partial charge on any atom is 0.00856 e. The first-order valence-corrected chi connectivity index (χ1v) is 3.34. The van der Waals surface area contributed by atoms with Crippen LogP contribution in [-0.4, -0.2) is 19.1 Å². The molecule has 0 spiro atoms. The van der Waals surface area contributed by atoms with Crippen LogP contribution in [0.5, 0.6) is 0 Å². The summed E-state index contributed by atoms with van der Waals surface area (Å²) in [7, 11) is 0. The lowest BCUT2D eigenvalue weighted by molar-refractivity contribution is 0.194. The molecule has 2 aliphatic rings. The molecule has 1 saturated carbocycles. The zero-order chi connectivity index (χ0) is 5.56. The minimum atomic E-state index is 0.523. The zero-order valence-electron chi connectivity index (χ0n) is 4.93. The highest BCUT2D eigenvalue weighted by atomic mass is 15.0. The molecule has 3 unspecified atom stereocenters. The molecule has 0 amide bonds. The van der Waals surface area contributed by atoms with Gasteiger partial charge in [0, 0.05) is 6.04 Å². The van der Waals surface area contributed by atoms with Gasteiger partial charge in [-0.2, -0.15) is 0 Å². The molecule has 2 rings (SSSR count). The third-order valence-corrected chi connectivity index (χ3v) is 2.52. The van der Waals surface area contributed by atoms with Gasteiger partial charge in [-0.25, -0.2) is 0 Å². The molecule has 1 aliphatic carbocycles. The van der Waals surface area contributed by atoms with Crippen LogP contribution in [0.15, 0.2) is 0 Å². The molecule has 8 heavy (non-hydrogen) atoms. The van der Waals surface area contributed by atoms with E-state index < -0.39 is 0 Å². The van der Waals surface area contributed by atoms with Gasteiger partial charge in [-0.3, -0.25) is 0 Å². The predicted octanol–water partition coefficient (Wildman–Crippen LogP) is -0.447. The highest BCUT2D eigenvalue weighted by molar-refractivity contribution is 4.98. The molecular weight excluding hydrogens is 100 g/mol. The molecule has 1 heterocycles. The summed E-state index contributed by atoms with van der Waals surface area (Å²) in [6, 6.07) is 0.523. The molecule has 0 aromatic rings. The largest absolute Gasteiger partial charge is 0.327 e. The second kappa shape index (κ2) is 1.45. The normalized spacial score (nSPS) is 52.9. The molecule has 2 nitrogen and oxygen atoms in total. The van der Waals surface area contributed by atoms with E-state index in [0.29, 0.717) is 6.04 Å². The van der Waals surface area contributed by atoms with Crippen LogP contribution in [0.25, 0.3) is 0 Å². The van der Waals surface area contributed by atoms with E-state index in [0.717, 1.165) is 11.8 Å². The summed E-state index contributed by atoms with van der Waals surface area (Å²) in [5.74, 6) is 1.76. The fourth-order valence-electron chi connectivity index (χ4n) is 1.84. The summed E-state index contributed by atoms with van der Waals surface area (Å²) in [6.07, 6.45) is 1.26. The van der Waals surface area contributed by atoms with Gasteiger partial charge in [0.25, 0.3) is 0 Å². The van der Waals surface area contributed by atoms with E-state index in [2.05, 4.69) is 5.32 Å². The maximum absolute atomic E-state index is 5.72. The average molecular weight is 112 g/mol. The number of hydrogen-bond donors (Lipinski definition) is 2. The zero-order valence-corrected chi connectivity index (χ0v) is 4.93. The van der Waals surface area contributed by atoms with E-state index in [4.69, 9.17) is 5.73 Å². The van der Waals surface area contributed by atoms with Crippen LogP contribution in [0.1, 0.15) is 6.42 Å². The summed E-state index contributed by atoms with van der Waals surface area (Å²) >= 11 is 0. The predicted molar refractivity (Wildman–Crippen MR) is 32.4 cm³/mol. The van der Waals surface area contributed by atoms with Crippen molar-refractivity contribution in [2.45, 2.75) is 12.5 Å². The van der Waals surface area contributed by atoms with Crippen LogP contribution in [0, 0.1) is 11.8 Å². The Morgan fingerprint density at radius 3 is 2.75 bits per heavy atom. The minimum absolute atomic E-state index is 0.523. The van der Waals surface area contributed by atoms with E-state index >= 15 is 0 Å². The Hall–Kier alpha value is -0.0800. The molecule has 1 aliphatic heterocycles. The topological polar surface area (TPSA) is 38.0 Å². The van der Waals surface area contributed by atoms with Crippen LogP contribution >= 0.6 is 0 Å². The quantitative estimate of drug-likeness (QED) is 0.445. The summed E-state index contributed by atoms with van der Waals surface area (Å²) in [6.45, 7) is 2.39. The fraction of sp³-hybridized carbons (Fsp3) is 1.00. The third kappa shape index (κ3) is 0.446. The molecule has 0 radical (unpaired) electrons. The highest BCUT2D eigenvalue weighted by Gasteiger charge is 2.41. The van der Waals surface area contributed by atoms with Crippen molar-refractivity contribution in [3.63, 3.8) is 0 Å². The van der Waals surface area contributed by atoms with E-state index in [9.17, 15) is 0 Å². The fourth-order valence-corrected chi connectivity index (χ4v) is 1.84. The van der Waals surface area contributed by atoms with Crippen LogP contribution in [0.4, 0.5) is 0 Å². The van der Waals surface area contributed by atoms with E-state index in [1.54, 1.807) is 0 Å². The number of fused-ring (bicyclic) bond motifs is 1. The summed E-state index contributed by atoms with van der Waals surface area (Å²) < 4.78 is 0. The number of rotatable bonds is 0. The molecule has 46 valence electrons. The molecular formula is C6H12N2. The van der Waals surface area contributed by atoms with E-state index in [1.165, 1.54) is 19.5 Å². The number of nitrogens with one attached hydrogen (secondary N) is 1. The van der Waals surface area contributed by atoms with Gasteiger partial charge in [-0.15, -0.1) is 0 Å². The second-order valence-corrected chi connectivity index (χ2v) is 2.98. The summed E-state index contributed by atoms with van der Waals surface area (Å²) in [5, 5.41) is 3.33. The van der Waals surface area contributed by atoms with Crippen molar-refractivity contribution in [3.05, 3.63) is 0 Å². The maximum atomic E-state index is 5.72. The molecule has 1 saturated heterocycles. The first-order valence-electron chi connectivity index (χ1n) is 3.34. The van der Waals surface area contributed by atoms with Gasteiger partial charge >= 0.3 is 0 Å². The molecule has 3 atom stereocenters. The first kappa shape index (κ1) is 4.77. The Balaban J connectivity index is 2.02. The Kier molecular flexibility index (Phi) is 0.866. The Morgan fingerprint density at radius 1 is 1.38 bits per heavy atom. The van der Waals surface area contributed by atoms with Crippen molar-refractivity contribution in [2.75, 3.05) is 13.1 Å². The van der Waals surface area contributed by atoms with Crippen molar-refractivity contribution < 1.29 is 0 Å². The molecule has 2 heteroatoms. The lowest BCUT2D eigenvalue weighted by Crippen LogP contribution is -2.46. The van der Waals surface area contributed by atoms with Crippen LogP contribution in [0.3, 0.4) is 0 Å². The second-order valence-electron chi connectivity index (χ2n) is 2.98. The molecule has 3 N–H and O–H groups in total. The number of hydrogen-bond acceptors (Lipinski definition) is 2. The van der Waals surface area contributed by atoms with E-state index in [-0.39, 0.29) is 0 Å². The lowest BCUT2D eigenvalue weighted by atomic mass is 9.72. The van der Waals surface area contributed by atoms with Crippen LogP contribution in [-0.2, 0) is 0 Å². The highest BCUT2D eigenvalue weighted by Crippen LogP contribution is 2.35. The van der Waals surface area contributed by atoms with Gasteiger partial charge in [0.1, 0.15) is 0 Å². The SMILES string of the molecule is NC1CC2CNCC12. The Labute approximate surface area is 49.4 Å². The monoisotopic (exact) mass is 112 g/mol. The molecule has 0 aromatic heterocycles. The van der Waals surface area contributed by atoms with Gasteiger partial charge in [0.2, 0.25) is 0 Å². The van der Waals surface area contributed by atoms with Gasteiger partial charge in [0.05, 0.1) is 0 Å². The standard InChI is InChI=1S/C6H12N2/c7-6-1-4-2-8-3-5(4)6/h4-6,8H,1-3,7H2. The molecule has 2 fully saturated rings. The molecule has 0 bridgehead atoms. The third-order valence-electron chi connectivity index (χ3n) is 2.52. The summed E-state index contributed by atoms with van der Waals surface area (Å²) in [5.41, 5.74) is 5.72.